The van der Waals surface area contributed by atoms with Crippen LogP contribution in [0.3, 0.4) is 0 Å². The summed E-state index contributed by atoms with van der Waals surface area (Å²) in [4.78, 5) is 0. The maximum Gasteiger partial charge on any atom is 0.242 e. The first-order chi connectivity index (χ1) is 12.4. The van der Waals surface area contributed by atoms with Gasteiger partial charge in [0.05, 0.1) is 6.61 Å². The Kier molecular flexibility index (Phi) is 6.36. The summed E-state index contributed by atoms with van der Waals surface area (Å²) in [5.74, 6) is 0. The van der Waals surface area contributed by atoms with Crippen molar-refractivity contribution in [3.8, 4) is 0 Å². The van der Waals surface area contributed by atoms with Crippen LogP contribution in [0.25, 0.3) is 0 Å². The molecule has 128 valence electrons. The van der Waals surface area contributed by atoms with E-state index in [1.54, 1.807) is 0 Å². The molecule has 0 aliphatic rings. The van der Waals surface area contributed by atoms with Gasteiger partial charge in [-0.2, -0.15) is 0 Å². The molecule has 0 amide bonds. The number of nitrogens with two attached hydrogens (primary N) is 1. The van der Waals surface area contributed by atoms with Gasteiger partial charge >= 0.3 is 0 Å². The van der Waals surface area contributed by atoms with E-state index in [1.807, 2.05) is 0 Å². The zero-order valence-corrected chi connectivity index (χ0v) is 15.3. The topological polar surface area (TPSA) is 35.2 Å². The monoisotopic (exact) mass is 350 g/mol. The lowest BCUT2D eigenvalue weighted by Crippen LogP contribution is -2.33. The molecule has 3 aromatic carbocycles. The van der Waals surface area contributed by atoms with E-state index in [9.17, 15) is 0 Å². The quantitative estimate of drug-likeness (QED) is 0.497. The van der Waals surface area contributed by atoms with E-state index >= 15 is 0 Å². The standard InChI is InChI=1S/C22H25NOP/c23-18-10-11-19-24-25(20-12-4-1-5-13-20,21-14-6-2-7-15-21)22-16-8-3-9-17-22/h1-9,12-17H,10-11,18-19,23H2/q+1. The molecule has 0 atom stereocenters. The summed E-state index contributed by atoms with van der Waals surface area (Å²) in [6.45, 7) is 1.42. The average molecular weight is 350 g/mol. The average Bonchev–Trinajstić information content (AvgIpc) is 2.70. The van der Waals surface area contributed by atoms with Crippen LogP contribution < -0.4 is 21.6 Å². The minimum absolute atomic E-state index is 0.705. The lowest BCUT2D eigenvalue weighted by Gasteiger charge is -2.25. The highest BCUT2D eigenvalue weighted by molar-refractivity contribution is 7.91. The SMILES string of the molecule is NCCCCO[P+](c1ccccc1)(c1ccccc1)c1ccccc1. The molecule has 2 nitrogen and oxygen atoms in total. The van der Waals surface area contributed by atoms with Gasteiger partial charge in [-0.1, -0.05) is 54.6 Å². The van der Waals surface area contributed by atoms with E-state index in [1.165, 1.54) is 15.9 Å². The molecule has 0 unspecified atom stereocenters. The van der Waals surface area contributed by atoms with Crippen LogP contribution in [0.4, 0.5) is 0 Å². The number of hydrogen-bond donors (Lipinski definition) is 1. The minimum atomic E-state index is -2.13. The van der Waals surface area contributed by atoms with Crippen LogP contribution in [0.5, 0.6) is 0 Å². The van der Waals surface area contributed by atoms with Crippen LogP contribution in [0.15, 0.2) is 91.0 Å². The van der Waals surface area contributed by atoms with Crippen molar-refractivity contribution in [2.45, 2.75) is 12.8 Å². The van der Waals surface area contributed by atoms with E-state index < -0.39 is 7.49 Å². The summed E-state index contributed by atoms with van der Waals surface area (Å²) in [7, 11) is -2.13. The number of unbranched alkanes of at least 4 members (excludes halogenated alkanes) is 1. The van der Waals surface area contributed by atoms with Crippen molar-refractivity contribution in [2.24, 2.45) is 5.73 Å². The van der Waals surface area contributed by atoms with Gasteiger partial charge < -0.3 is 5.73 Å². The lowest BCUT2D eigenvalue weighted by molar-refractivity contribution is 0.342. The van der Waals surface area contributed by atoms with E-state index in [0.29, 0.717) is 13.2 Å². The molecule has 25 heavy (non-hydrogen) atoms. The van der Waals surface area contributed by atoms with Crippen molar-refractivity contribution in [3.63, 3.8) is 0 Å². The fourth-order valence-corrected chi connectivity index (χ4v) is 6.55. The van der Waals surface area contributed by atoms with Crippen LogP contribution in [-0.2, 0) is 4.52 Å². The maximum absolute atomic E-state index is 6.75. The van der Waals surface area contributed by atoms with Crippen molar-refractivity contribution >= 4 is 23.4 Å². The molecule has 0 bridgehead atoms. The largest absolute Gasteiger partial charge is 0.330 e. The third-order valence-electron chi connectivity index (χ3n) is 4.24. The lowest BCUT2D eigenvalue weighted by atomic mass is 10.3. The van der Waals surface area contributed by atoms with Crippen molar-refractivity contribution in [1.29, 1.82) is 0 Å². The van der Waals surface area contributed by atoms with Crippen LogP contribution in [-0.4, -0.2) is 13.2 Å². The van der Waals surface area contributed by atoms with E-state index in [4.69, 9.17) is 10.3 Å². The first kappa shape index (κ1) is 17.8. The van der Waals surface area contributed by atoms with Gasteiger partial charge in [0.25, 0.3) is 0 Å². The van der Waals surface area contributed by atoms with Crippen molar-refractivity contribution < 1.29 is 4.52 Å². The van der Waals surface area contributed by atoms with Gasteiger partial charge in [-0.3, -0.25) is 0 Å². The molecule has 0 saturated heterocycles. The van der Waals surface area contributed by atoms with Gasteiger partial charge in [-0.15, -0.1) is 0 Å². The number of rotatable bonds is 8. The molecule has 0 fully saturated rings. The normalized spacial score (nSPS) is 11.4. The second-order valence-electron chi connectivity index (χ2n) is 5.94. The predicted octanol–water partition coefficient (Wildman–Crippen LogP) is 3.65. The second kappa shape index (κ2) is 8.92. The van der Waals surface area contributed by atoms with Crippen LogP contribution in [0, 0.1) is 0 Å². The van der Waals surface area contributed by atoms with E-state index in [0.717, 1.165) is 12.8 Å². The zero-order chi connectivity index (χ0) is 17.4. The van der Waals surface area contributed by atoms with E-state index in [2.05, 4.69) is 91.0 Å². The number of hydrogen-bond acceptors (Lipinski definition) is 2. The molecule has 3 heteroatoms. The van der Waals surface area contributed by atoms with Gasteiger partial charge in [-0.05, 0) is 55.8 Å². The van der Waals surface area contributed by atoms with Gasteiger partial charge in [0.1, 0.15) is 15.9 Å². The molecular formula is C22H25NOP+. The Hall–Kier alpha value is -1.99. The predicted molar refractivity (Wildman–Crippen MR) is 109 cm³/mol. The summed E-state index contributed by atoms with van der Waals surface area (Å²) in [6.07, 6.45) is 1.96. The van der Waals surface area contributed by atoms with Crippen molar-refractivity contribution in [1.82, 2.24) is 0 Å². The molecule has 0 heterocycles. The summed E-state index contributed by atoms with van der Waals surface area (Å²) >= 11 is 0. The molecular weight excluding hydrogens is 325 g/mol. The van der Waals surface area contributed by atoms with Crippen LogP contribution in [0.1, 0.15) is 12.8 Å². The molecule has 0 aromatic heterocycles. The third kappa shape index (κ3) is 3.99. The Balaban J connectivity index is 2.13. The highest BCUT2D eigenvalue weighted by Gasteiger charge is 2.47. The minimum Gasteiger partial charge on any atom is -0.330 e. The Labute approximate surface area is 151 Å². The van der Waals surface area contributed by atoms with Gasteiger partial charge in [-0.25, -0.2) is 4.52 Å². The van der Waals surface area contributed by atoms with Gasteiger partial charge in [0, 0.05) is 0 Å². The van der Waals surface area contributed by atoms with Gasteiger partial charge in [0.2, 0.25) is 7.49 Å². The zero-order valence-electron chi connectivity index (χ0n) is 14.4. The Morgan fingerprint density at radius 1 is 0.600 bits per heavy atom. The molecule has 0 radical (unpaired) electrons. The van der Waals surface area contributed by atoms with Crippen molar-refractivity contribution in [3.05, 3.63) is 91.0 Å². The maximum atomic E-state index is 6.75. The number of benzene rings is 3. The van der Waals surface area contributed by atoms with Crippen molar-refractivity contribution in [2.75, 3.05) is 13.2 Å². The highest BCUT2D eigenvalue weighted by atomic mass is 31.2. The van der Waals surface area contributed by atoms with Crippen LogP contribution in [0.2, 0.25) is 0 Å². The third-order valence-corrected chi connectivity index (χ3v) is 7.89. The summed E-state index contributed by atoms with van der Waals surface area (Å²) in [6, 6.07) is 31.9. The molecule has 0 aliphatic carbocycles. The molecule has 0 aliphatic heterocycles. The fraction of sp³-hybridized carbons (Fsp3) is 0.182. The smallest absolute Gasteiger partial charge is 0.242 e. The summed E-state index contributed by atoms with van der Waals surface area (Å²) in [5, 5.41) is 3.75. The van der Waals surface area contributed by atoms with Crippen LogP contribution >= 0.6 is 7.49 Å². The summed E-state index contributed by atoms with van der Waals surface area (Å²) in [5.41, 5.74) is 5.67. The molecule has 2 N–H and O–H groups in total. The Bertz CT molecular complexity index is 650. The van der Waals surface area contributed by atoms with Gasteiger partial charge in [0.15, 0.2) is 0 Å². The first-order valence-electron chi connectivity index (χ1n) is 8.78. The first-order valence-corrected chi connectivity index (χ1v) is 10.5. The molecule has 0 saturated carbocycles. The Morgan fingerprint density at radius 2 is 1.00 bits per heavy atom. The second-order valence-corrected chi connectivity index (χ2v) is 8.97. The molecule has 3 rings (SSSR count). The van der Waals surface area contributed by atoms with E-state index in [-0.39, 0.29) is 0 Å². The molecule has 0 spiro atoms. The molecule has 3 aromatic rings. The summed E-state index contributed by atoms with van der Waals surface area (Å²) < 4.78 is 6.75. The Morgan fingerprint density at radius 3 is 1.36 bits per heavy atom. The fourth-order valence-electron chi connectivity index (χ4n) is 3.03. The highest BCUT2D eigenvalue weighted by Crippen LogP contribution is 2.56.